The monoisotopic (exact) mass is 260 g/mol. The predicted molar refractivity (Wildman–Crippen MR) is 68.1 cm³/mol. The zero-order valence-electron chi connectivity index (χ0n) is 9.61. The Kier molecular flexibility index (Phi) is 3.82. The van der Waals surface area contributed by atoms with Crippen LogP contribution in [-0.4, -0.2) is 32.5 Å². The highest BCUT2D eigenvalue weighted by Crippen LogP contribution is 2.29. The Labute approximate surface area is 105 Å². The Morgan fingerprint density at radius 2 is 2.44 bits per heavy atom. The van der Waals surface area contributed by atoms with Crippen LogP contribution >= 0.6 is 23.4 Å². The largest absolute Gasteiger partial charge is 0.392 e. The molecule has 2 atom stereocenters. The molecule has 1 aromatic heterocycles. The summed E-state index contributed by atoms with van der Waals surface area (Å²) >= 11 is 8.08. The van der Waals surface area contributed by atoms with Gasteiger partial charge in [0.2, 0.25) is 0 Å². The number of hydrogen-bond donors (Lipinski definition) is 1. The Balaban J connectivity index is 2.07. The van der Waals surface area contributed by atoms with Gasteiger partial charge in [-0.25, -0.2) is 0 Å². The molecule has 0 aromatic carbocycles. The molecule has 0 radical (unpaired) electrons. The van der Waals surface area contributed by atoms with E-state index >= 15 is 0 Å². The molecule has 0 aliphatic carbocycles. The highest BCUT2D eigenvalue weighted by Gasteiger charge is 2.25. The smallest absolute Gasteiger partial charge is 0.0847 e. The van der Waals surface area contributed by atoms with Gasteiger partial charge in [0.15, 0.2) is 0 Å². The molecule has 1 fully saturated rings. The Hall–Kier alpha value is -0.190. The van der Waals surface area contributed by atoms with Crippen LogP contribution in [0.3, 0.4) is 0 Å². The lowest BCUT2D eigenvalue weighted by molar-refractivity contribution is 0.118. The van der Waals surface area contributed by atoms with Crippen molar-refractivity contribution in [3.8, 4) is 0 Å². The van der Waals surface area contributed by atoms with Crippen molar-refractivity contribution in [2.24, 2.45) is 13.0 Å². The second-order valence-electron chi connectivity index (χ2n) is 4.36. The van der Waals surface area contributed by atoms with Gasteiger partial charge in [0.05, 0.1) is 22.5 Å². The zero-order chi connectivity index (χ0) is 11.7. The first-order valence-electron chi connectivity index (χ1n) is 5.53. The summed E-state index contributed by atoms with van der Waals surface area (Å²) in [4.78, 5) is 0. The molecule has 5 heteroatoms. The van der Waals surface area contributed by atoms with Gasteiger partial charge >= 0.3 is 0 Å². The minimum Gasteiger partial charge on any atom is -0.392 e. The van der Waals surface area contributed by atoms with Gasteiger partial charge in [-0.1, -0.05) is 11.6 Å². The van der Waals surface area contributed by atoms with E-state index in [9.17, 15) is 5.11 Å². The third-order valence-corrected chi connectivity index (χ3v) is 4.85. The van der Waals surface area contributed by atoms with Crippen LogP contribution in [0.1, 0.15) is 17.8 Å². The van der Waals surface area contributed by atoms with Gasteiger partial charge in [-0.15, -0.1) is 0 Å². The summed E-state index contributed by atoms with van der Waals surface area (Å²) < 4.78 is 1.78. The van der Waals surface area contributed by atoms with Crippen molar-refractivity contribution in [3.05, 3.63) is 16.4 Å². The molecule has 0 amide bonds. The summed E-state index contributed by atoms with van der Waals surface area (Å²) in [7, 11) is 1.88. The molecule has 1 aliphatic rings. The molecule has 1 aliphatic heterocycles. The summed E-state index contributed by atoms with van der Waals surface area (Å²) in [5, 5.41) is 15.1. The molecule has 16 heavy (non-hydrogen) atoms. The summed E-state index contributed by atoms with van der Waals surface area (Å²) in [6, 6.07) is 0. The average Bonchev–Trinajstić information content (AvgIpc) is 2.83. The fourth-order valence-electron chi connectivity index (χ4n) is 2.12. The van der Waals surface area contributed by atoms with Crippen LogP contribution < -0.4 is 0 Å². The first kappa shape index (κ1) is 12.3. The van der Waals surface area contributed by atoms with E-state index in [1.807, 2.05) is 25.7 Å². The number of aromatic nitrogens is 2. The number of halogens is 1. The molecule has 0 spiro atoms. The maximum atomic E-state index is 10.1. The van der Waals surface area contributed by atoms with Crippen molar-refractivity contribution in [1.29, 1.82) is 0 Å². The molecule has 1 saturated heterocycles. The highest BCUT2D eigenvalue weighted by molar-refractivity contribution is 7.99. The van der Waals surface area contributed by atoms with Gasteiger partial charge in [0.25, 0.3) is 0 Å². The van der Waals surface area contributed by atoms with Gasteiger partial charge in [-0.2, -0.15) is 16.9 Å². The second-order valence-corrected chi connectivity index (χ2v) is 5.89. The lowest BCUT2D eigenvalue weighted by Gasteiger charge is -2.17. The maximum Gasteiger partial charge on any atom is 0.0847 e. The van der Waals surface area contributed by atoms with Crippen molar-refractivity contribution in [2.45, 2.75) is 25.9 Å². The second kappa shape index (κ2) is 4.98. The van der Waals surface area contributed by atoms with Crippen LogP contribution in [0.4, 0.5) is 0 Å². The number of rotatable bonds is 3. The van der Waals surface area contributed by atoms with Crippen LogP contribution in [0.15, 0.2) is 0 Å². The highest BCUT2D eigenvalue weighted by atomic mass is 35.5. The quantitative estimate of drug-likeness (QED) is 0.904. The van der Waals surface area contributed by atoms with E-state index in [4.69, 9.17) is 11.6 Å². The summed E-state index contributed by atoms with van der Waals surface area (Å²) in [5.41, 5.74) is 1.79. The molecule has 0 saturated carbocycles. The molecule has 1 aromatic rings. The van der Waals surface area contributed by atoms with Crippen LogP contribution in [0, 0.1) is 12.8 Å². The Morgan fingerprint density at radius 1 is 1.69 bits per heavy atom. The topological polar surface area (TPSA) is 38.0 Å². The molecule has 2 heterocycles. The first-order valence-corrected chi connectivity index (χ1v) is 7.06. The van der Waals surface area contributed by atoms with E-state index < -0.39 is 0 Å². The third-order valence-electron chi connectivity index (χ3n) is 3.17. The fourth-order valence-corrected chi connectivity index (χ4v) is 3.69. The molecule has 2 unspecified atom stereocenters. The minimum absolute atomic E-state index is 0.290. The van der Waals surface area contributed by atoms with Gasteiger partial charge in [0, 0.05) is 13.5 Å². The van der Waals surface area contributed by atoms with Crippen LogP contribution in [-0.2, 0) is 13.5 Å². The van der Waals surface area contributed by atoms with Crippen LogP contribution in [0.5, 0.6) is 0 Å². The number of aliphatic hydroxyl groups excluding tert-OH is 1. The standard InChI is InChI=1S/C11H17ClN2OS/c1-7-11(12)9(14(2)13-7)5-10(15)8-3-4-16-6-8/h8,10,15H,3-6H2,1-2H3. The molecule has 0 bridgehead atoms. The summed E-state index contributed by atoms with van der Waals surface area (Å²) in [6.45, 7) is 1.89. The van der Waals surface area contributed by atoms with Gasteiger partial charge in [-0.3, -0.25) is 4.68 Å². The van der Waals surface area contributed by atoms with Crippen LogP contribution in [0.2, 0.25) is 5.02 Å². The SMILES string of the molecule is Cc1nn(C)c(CC(O)C2CCSC2)c1Cl. The van der Waals surface area contributed by atoms with E-state index in [0.717, 1.165) is 23.6 Å². The summed E-state index contributed by atoms with van der Waals surface area (Å²) in [5.74, 6) is 2.64. The van der Waals surface area contributed by atoms with Crippen LogP contribution in [0.25, 0.3) is 0 Å². The molecule has 90 valence electrons. The number of aliphatic hydroxyl groups is 1. The van der Waals surface area contributed by atoms with Crippen molar-refractivity contribution >= 4 is 23.4 Å². The zero-order valence-corrected chi connectivity index (χ0v) is 11.2. The lowest BCUT2D eigenvalue weighted by Crippen LogP contribution is -2.23. The van der Waals surface area contributed by atoms with Gasteiger partial charge < -0.3 is 5.11 Å². The minimum atomic E-state index is -0.290. The lowest BCUT2D eigenvalue weighted by atomic mass is 9.98. The first-order chi connectivity index (χ1) is 7.59. The van der Waals surface area contributed by atoms with Crippen molar-refractivity contribution in [1.82, 2.24) is 9.78 Å². The molecular formula is C11H17ClN2OS. The van der Waals surface area contributed by atoms with E-state index in [2.05, 4.69) is 5.10 Å². The number of thioether (sulfide) groups is 1. The van der Waals surface area contributed by atoms with Crippen molar-refractivity contribution < 1.29 is 5.11 Å². The van der Waals surface area contributed by atoms with E-state index in [1.54, 1.807) is 4.68 Å². The molecular weight excluding hydrogens is 244 g/mol. The number of hydrogen-bond acceptors (Lipinski definition) is 3. The normalized spacial score (nSPS) is 22.6. The third kappa shape index (κ3) is 2.39. The predicted octanol–water partition coefficient (Wildman–Crippen LogP) is 2.04. The molecule has 2 rings (SSSR count). The fraction of sp³-hybridized carbons (Fsp3) is 0.727. The van der Waals surface area contributed by atoms with Crippen molar-refractivity contribution in [3.63, 3.8) is 0 Å². The average molecular weight is 261 g/mol. The van der Waals surface area contributed by atoms with E-state index in [-0.39, 0.29) is 6.10 Å². The van der Waals surface area contributed by atoms with Gasteiger partial charge in [-0.05, 0) is 30.8 Å². The van der Waals surface area contributed by atoms with Gasteiger partial charge in [0.1, 0.15) is 0 Å². The Morgan fingerprint density at radius 3 is 2.94 bits per heavy atom. The molecule has 1 N–H and O–H groups in total. The van der Waals surface area contributed by atoms with Crippen molar-refractivity contribution in [2.75, 3.05) is 11.5 Å². The van der Waals surface area contributed by atoms with E-state index in [0.29, 0.717) is 17.4 Å². The maximum absolute atomic E-state index is 10.1. The van der Waals surface area contributed by atoms with E-state index in [1.165, 1.54) is 5.75 Å². The number of aryl methyl sites for hydroxylation is 2. The molecule has 3 nitrogen and oxygen atoms in total. The Bertz CT molecular complexity index is 374. The summed E-state index contributed by atoms with van der Waals surface area (Å²) in [6.07, 6.45) is 1.43. The number of nitrogens with zero attached hydrogens (tertiary/aromatic N) is 2.